The van der Waals surface area contributed by atoms with E-state index < -0.39 is 5.82 Å². The van der Waals surface area contributed by atoms with Crippen LogP contribution < -0.4 is 10.1 Å². The standard InChI is InChI=1S/C24H30FN5O3/c1-15(2)11-17-5-6-21(20(25)12-17)29-22-19(13-26)23(28-14-27-22)33-18-7-9-30(10-8-18)24(31)32-16(3)4/h5-6,12,14-16,18H,7-11H2,1-4H3,(H,27,28,29). The maximum atomic E-state index is 14.6. The molecule has 1 fully saturated rings. The highest BCUT2D eigenvalue weighted by atomic mass is 19.1. The second kappa shape index (κ2) is 10.9. The number of ether oxygens (including phenoxy) is 2. The van der Waals surface area contributed by atoms with Gasteiger partial charge in [-0.05, 0) is 43.9 Å². The fourth-order valence-electron chi connectivity index (χ4n) is 3.63. The highest BCUT2D eigenvalue weighted by molar-refractivity contribution is 5.68. The Morgan fingerprint density at radius 3 is 2.61 bits per heavy atom. The number of likely N-dealkylation sites (tertiary alicyclic amines) is 1. The molecule has 2 aromatic rings. The monoisotopic (exact) mass is 455 g/mol. The van der Waals surface area contributed by atoms with Crippen molar-refractivity contribution in [3.8, 4) is 11.9 Å². The van der Waals surface area contributed by atoms with E-state index in [0.29, 0.717) is 31.8 Å². The molecule has 0 radical (unpaired) electrons. The van der Waals surface area contributed by atoms with Crippen molar-refractivity contribution in [2.75, 3.05) is 18.4 Å². The molecule has 0 unspecified atom stereocenters. The lowest BCUT2D eigenvalue weighted by atomic mass is 10.0. The smallest absolute Gasteiger partial charge is 0.410 e. The van der Waals surface area contributed by atoms with Gasteiger partial charge in [-0.25, -0.2) is 19.2 Å². The van der Waals surface area contributed by atoms with Crippen molar-refractivity contribution in [1.29, 1.82) is 5.26 Å². The van der Waals surface area contributed by atoms with Crippen LogP contribution in [0.15, 0.2) is 24.5 Å². The lowest BCUT2D eigenvalue weighted by Crippen LogP contribution is -2.42. The number of amides is 1. The largest absolute Gasteiger partial charge is 0.473 e. The number of aromatic nitrogens is 2. The van der Waals surface area contributed by atoms with E-state index in [-0.39, 0.29) is 41.2 Å². The first-order valence-corrected chi connectivity index (χ1v) is 11.2. The van der Waals surface area contributed by atoms with E-state index in [4.69, 9.17) is 9.47 Å². The molecule has 1 aromatic heterocycles. The van der Waals surface area contributed by atoms with Gasteiger partial charge in [-0.1, -0.05) is 19.9 Å². The first-order valence-electron chi connectivity index (χ1n) is 11.2. The van der Waals surface area contributed by atoms with Crippen molar-refractivity contribution in [2.24, 2.45) is 5.92 Å². The molecular formula is C24H30FN5O3. The third kappa shape index (κ3) is 6.54. The molecule has 0 spiro atoms. The minimum absolute atomic E-state index is 0.102. The number of hydrogen-bond acceptors (Lipinski definition) is 7. The summed E-state index contributed by atoms with van der Waals surface area (Å²) in [5.74, 6) is 0.312. The van der Waals surface area contributed by atoms with Gasteiger partial charge in [0.15, 0.2) is 11.4 Å². The van der Waals surface area contributed by atoms with Crippen molar-refractivity contribution in [3.63, 3.8) is 0 Å². The lowest BCUT2D eigenvalue weighted by molar-refractivity contribution is 0.0506. The summed E-state index contributed by atoms with van der Waals surface area (Å²) in [6.45, 7) is 8.75. The van der Waals surface area contributed by atoms with Crippen LogP contribution in [0.25, 0.3) is 0 Å². The van der Waals surface area contributed by atoms with Crippen LogP contribution in [0.3, 0.4) is 0 Å². The minimum atomic E-state index is -0.418. The predicted octanol–water partition coefficient (Wildman–Crippen LogP) is 4.82. The average Bonchev–Trinajstić information content (AvgIpc) is 2.75. The molecule has 2 heterocycles. The predicted molar refractivity (Wildman–Crippen MR) is 122 cm³/mol. The summed E-state index contributed by atoms with van der Waals surface area (Å²) in [5.41, 5.74) is 1.23. The molecule has 3 rings (SSSR count). The van der Waals surface area contributed by atoms with Gasteiger partial charge in [0, 0.05) is 25.9 Å². The Morgan fingerprint density at radius 1 is 1.27 bits per heavy atom. The van der Waals surface area contributed by atoms with E-state index in [1.807, 2.05) is 19.9 Å². The SMILES string of the molecule is CC(C)Cc1ccc(Nc2ncnc(OC3CCN(C(=O)OC(C)C)CC3)c2C#N)c(F)c1. The van der Waals surface area contributed by atoms with E-state index >= 15 is 0 Å². The summed E-state index contributed by atoms with van der Waals surface area (Å²) in [7, 11) is 0. The van der Waals surface area contributed by atoms with E-state index in [1.165, 1.54) is 12.4 Å². The number of nitrogens with zero attached hydrogens (tertiary/aromatic N) is 4. The van der Waals surface area contributed by atoms with Crippen molar-refractivity contribution in [1.82, 2.24) is 14.9 Å². The number of rotatable bonds is 7. The van der Waals surface area contributed by atoms with E-state index in [0.717, 1.165) is 12.0 Å². The van der Waals surface area contributed by atoms with Crippen LogP contribution in [0.2, 0.25) is 0 Å². The van der Waals surface area contributed by atoms with Crippen LogP contribution >= 0.6 is 0 Å². The fraction of sp³-hybridized carbons (Fsp3) is 0.500. The average molecular weight is 456 g/mol. The fourth-order valence-corrected chi connectivity index (χ4v) is 3.63. The molecule has 1 amide bonds. The molecule has 8 nitrogen and oxygen atoms in total. The summed E-state index contributed by atoms with van der Waals surface area (Å²) < 4.78 is 25.8. The Kier molecular flexibility index (Phi) is 8.04. The second-order valence-corrected chi connectivity index (χ2v) is 8.79. The summed E-state index contributed by atoms with van der Waals surface area (Å²) in [6.07, 6.45) is 2.49. The number of halogens is 1. The van der Waals surface area contributed by atoms with Gasteiger partial charge in [0.2, 0.25) is 5.88 Å². The number of benzene rings is 1. The van der Waals surface area contributed by atoms with Crippen molar-refractivity contribution in [3.05, 3.63) is 41.5 Å². The van der Waals surface area contributed by atoms with Crippen molar-refractivity contribution < 1.29 is 18.7 Å². The molecule has 1 aliphatic rings. The van der Waals surface area contributed by atoms with Crippen LogP contribution in [-0.4, -0.2) is 46.3 Å². The summed E-state index contributed by atoms with van der Waals surface area (Å²) in [5, 5.41) is 12.6. The Labute approximate surface area is 193 Å². The van der Waals surface area contributed by atoms with Crippen LogP contribution in [0, 0.1) is 23.1 Å². The van der Waals surface area contributed by atoms with E-state index in [2.05, 4.69) is 35.2 Å². The van der Waals surface area contributed by atoms with Gasteiger partial charge in [0.1, 0.15) is 24.3 Å². The maximum absolute atomic E-state index is 14.6. The van der Waals surface area contributed by atoms with Gasteiger partial charge >= 0.3 is 6.09 Å². The molecule has 33 heavy (non-hydrogen) atoms. The summed E-state index contributed by atoms with van der Waals surface area (Å²) >= 11 is 0. The lowest BCUT2D eigenvalue weighted by Gasteiger charge is -2.31. The third-order valence-corrected chi connectivity index (χ3v) is 5.17. The minimum Gasteiger partial charge on any atom is -0.473 e. The van der Waals surface area contributed by atoms with Crippen LogP contribution in [0.5, 0.6) is 5.88 Å². The van der Waals surface area contributed by atoms with E-state index in [1.54, 1.807) is 11.0 Å². The number of nitriles is 1. The molecule has 1 aliphatic heterocycles. The van der Waals surface area contributed by atoms with Crippen LogP contribution in [0.4, 0.5) is 20.7 Å². The van der Waals surface area contributed by atoms with Crippen LogP contribution in [-0.2, 0) is 11.2 Å². The number of hydrogen-bond donors (Lipinski definition) is 1. The Bertz CT molecular complexity index is 1010. The zero-order valence-corrected chi connectivity index (χ0v) is 19.5. The molecule has 0 aliphatic carbocycles. The summed E-state index contributed by atoms with van der Waals surface area (Å²) in [6, 6.07) is 7.05. The number of nitrogens with one attached hydrogen (secondary N) is 1. The quantitative estimate of drug-likeness (QED) is 0.639. The van der Waals surface area contributed by atoms with E-state index in [9.17, 15) is 14.4 Å². The van der Waals surface area contributed by atoms with Crippen molar-refractivity contribution >= 4 is 17.6 Å². The third-order valence-electron chi connectivity index (χ3n) is 5.17. The molecule has 1 saturated heterocycles. The van der Waals surface area contributed by atoms with Gasteiger partial charge in [-0.3, -0.25) is 0 Å². The molecule has 0 atom stereocenters. The number of carbonyl (C=O) groups excluding carboxylic acids is 1. The van der Waals surface area contributed by atoms with Gasteiger partial charge in [0.05, 0.1) is 11.8 Å². The Hall–Kier alpha value is -3.41. The first kappa shape index (κ1) is 24.2. The molecule has 0 saturated carbocycles. The Morgan fingerprint density at radius 2 is 2.00 bits per heavy atom. The topological polar surface area (TPSA) is 100 Å². The number of carbonyl (C=O) groups is 1. The van der Waals surface area contributed by atoms with Gasteiger partial charge in [-0.2, -0.15) is 5.26 Å². The summed E-state index contributed by atoms with van der Waals surface area (Å²) in [4.78, 5) is 21.9. The van der Waals surface area contributed by atoms with Crippen molar-refractivity contribution in [2.45, 2.75) is 59.2 Å². The first-order chi connectivity index (χ1) is 15.8. The number of piperidine rings is 1. The van der Waals surface area contributed by atoms with Crippen LogP contribution in [0.1, 0.15) is 51.7 Å². The maximum Gasteiger partial charge on any atom is 0.410 e. The molecule has 1 N–H and O–H groups in total. The molecule has 9 heteroatoms. The van der Waals surface area contributed by atoms with Gasteiger partial charge in [-0.15, -0.1) is 0 Å². The normalized spacial score (nSPS) is 14.3. The Balaban J connectivity index is 1.68. The molecular weight excluding hydrogens is 425 g/mol. The highest BCUT2D eigenvalue weighted by Crippen LogP contribution is 2.28. The molecule has 0 bridgehead atoms. The highest BCUT2D eigenvalue weighted by Gasteiger charge is 2.27. The molecule has 1 aromatic carbocycles. The van der Waals surface area contributed by atoms with Gasteiger partial charge in [0.25, 0.3) is 0 Å². The van der Waals surface area contributed by atoms with Gasteiger partial charge < -0.3 is 19.7 Å². The zero-order chi connectivity index (χ0) is 24.0. The zero-order valence-electron chi connectivity index (χ0n) is 19.5. The molecule has 176 valence electrons. The number of anilines is 2. The second-order valence-electron chi connectivity index (χ2n) is 8.79.